The van der Waals surface area contributed by atoms with Gasteiger partial charge < -0.3 is 14.5 Å². The van der Waals surface area contributed by atoms with Crippen LogP contribution in [0.5, 0.6) is 5.75 Å². The molecule has 1 aliphatic rings. The average Bonchev–Trinajstić information content (AvgIpc) is 2.88. The number of aromatic nitrogens is 2. The number of hydrazine groups is 1. The maximum absolute atomic E-state index is 12.5. The number of nitrogens with zero attached hydrogens (tertiary/aromatic N) is 5. The van der Waals surface area contributed by atoms with Gasteiger partial charge in [-0.05, 0) is 55.3 Å². The Labute approximate surface area is 202 Å². The number of methoxy groups -OCH3 is 1. The van der Waals surface area contributed by atoms with Crippen molar-refractivity contribution in [2.45, 2.75) is 13.8 Å². The lowest BCUT2D eigenvalue weighted by Gasteiger charge is -2.37. The molecule has 182 valence electrons. The van der Waals surface area contributed by atoms with Crippen molar-refractivity contribution >= 4 is 28.9 Å². The number of nitro groups is 1. The highest BCUT2D eigenvalue weighted by atomic mass is 16.6. The van der Waals surface area contributed by atoms with E-state index in [1.807, 2.05) is 11.0 Å². The molecule has 1 fully saturated rings. The van der Waals surface area contributed by atoms with Gasteiger partial charge in [-0.3, -0.25) is 25.8 Å². The molecule has 1 aliphatic heterocycles. The highest BCUT2D eigenvalue weighted by Crippen LogP contribution is 2.33. The fourth-order valence-electron chi connectivity index (χ4n) is 4.03. The standard InChI is InChI=1S/C24H27N7O4/c1-16-5-4-6-20(17(16)2)29-11-13-30(14-12-29)23-21(31(33)34)22(25-15-26-23)27-28-24(32)18-7-9-19(35-3)10-8-18/h4-10,15H,11-14H2,1-3H3,(H,28,32)(H,25,26,27). The van der Waals surface area contributed by atoms with Gasteiger partial charge in [-0.1, -0.05) is 12.1 Å². The predicted octanol–water partition coefficient (Wildman–Crippen LogP) is 3.09. The van der Waals surface area contributed by atoms with Crippen LogP contribution < -0.4 is 25.4 Å². The summed E-state index contributed by atoms with van der Waals surface area (Å²) in [5, 5.41) is 12.0. The molecule has 0 bridgehead atoms. The summed E-state index contributed by atoms with van der Waals surface area (Å²) in [5.41, 5.74) is 8.75. The van der Waals surface area contributed by atoms with Gasteiger partial charge in [0.15, 0.2) is 0 Å². The number of hydrogen-bond donors (Lipinski definition) is 2. The van der Waals surface area contributed by atoms with Crippen LogP contribution in [0.3, 0.4) is 0 Å². The number of carbonyl (C=O) groups excluding carboxylic acids is 1. The first-order valence-corrected chi connectivity index (χ1v) is 11.1. The first-order valence-electron chi connectivity index (χ1n) is 11.1. The summed E-state index contributed by atoms with van der Waals surface area (Å²) >= 11 is 0. The number of nitrogens with one attached hydrogen (secondary N) is 2. The van der Waals surface area contributed by atoms with E-state index in [-0.39, 0.29) is 17.3 Å². The van der Waals surface area contributed by atoms with Crippen molar-refractivity contribution in [3.63, 3.8) is 0 Å². The first-order chi connectivity index (χ1) is 16.9. The second-order valence-electron chi connectivity index (χ2n) is 8.15. The van der Waals surface area contributed by atoms with E-state index >= 15 is 0 Å². The zero-order chi connectivity index (χ0) is 24.9. The Kier molecular flexibility index (Phi) is 6.95. The van der Waals surface area contributed by atoms with Crippen LogP contribution in [0.2, 0.25) is 0 Å². The largest absolute Gasteiger partial charge is 0.497 e. The first kappa shape index (κ1) is 23.7. The second kappa shape index (κ2) is 10.2. The molecule has 11 heteroatoms. The molecule has 0 saturated carbocycles. The summed E-state index contributed by atoms with van der Waals surface area (Å²) in [6, 6.07) is 12.7. The van der Waals surface area contributed by atoms with Crippen LogP contribution in [0, 0.1) is 24.0 Å². The third-order valence-electron chi connectivity index (χ3n) is 6.13. The van der Waals surface area contributed by atoms with Crippen LogP contribution >= 0.6 is 0 Å². The lowest BCUT2D eigenvalue weighted by Crippen LogP contribution is -2.47. The number of rotatable bonds is 7. The average molecular weight is 478 g/mol. The molecule has 4 rings (SSSR count). The smallest absolute Gasteiger partial charge is 0.355 e. The highest BCUT2D eigenvalue weighted by molar-refractivity contribution is 5.95. The Morgan fingerprint density at radius 1 is 1.03 bits per heavy atom. The molecule has 0 radical (unpaired) electrons. The molecule has 1 amide bonds. The fraction of sp³-hybridized carbons (Fsp3) is 0.292. The van der Waals surface area contributed by atoms with E-state index in [1.54, 1.807) is 24.3 Å². The van der Waals surface area contributed by atoms with E-state index in [0.717, 1.165) is 0 Å². The third-order valence-corrected chi connectivity index (χ3v) is 6.13. The molecule has 11 nitrogen and oxygen atoms in total. The molecule has 0 aliphatic carbocycles. The zero-order valence-corrected chi connectivity index (χ0v) is 19.8. The number of aryl methyl sites for hydroxylation is 1. The Hall–Kier alpha value is -4.41. The van der Waals surface area contributed by atoms with Crippen molar-refractivity contribution in [1.29, 1.82) is 0 Å². The SMILES string of the molecule is COc1ccc(C(=O)NNc2ncnc(N3CCN(c4cccc(C)c4C)CC3)c2[N+](=O)[O-])cc1. The van der Waals surface area contributed by atoms with Gasteiger partial charge >= 0.3 is 5.69 Å². The minimum Gasteiger partial charge on any atom is -0.497 e. The molecular weight excluding hydrogens is 450 g/mol. The number of ether oxygens (including phenoxy) is 1. The Bertz CT molecular complexity index is 1230. The molecule has 2 aromatic carbocycles. The zero-order valence-electron chi connectivity index (χ0n) is 19.8. The minimum atomic E-state index is -0.533. The maximum atomic E-state index is 12.5. The summed E-state index contributed by atoms with van der Waals surface area (Å²) in [4.78, 5) is 36.2. The van der Waals surface area contributed by atoms with Crippen molar-refractivity contribution in [3.8, 4) is 5.75 Å². The van der Waals surface area contributed by atoms with Crippen molar-refractivity contribution < 1.29 is 14.5 Å². The summed E-state index contributed by atoms with van der Waals surface area (Å²) in [7, 11) is 1.53. The van der Waals surface area contributed by atoms with E-state index in [1.165, 1.54) is 30.3 Å². The molecule has 2 N–H and O–H groups in total. The fourth-order valence-corrected chi connectivity index (χ4v) is 4.03. The van der Waals surface area contributed by atoms with Crippen LogP contribution in [-0.2, 0) is 0 Å². The number of carbonyl (C=O) groups is 1. The van der Waals surface area contributed by atoms with E-state index in [9.17, 15) is 14.9 Å². The number of piperazine rings is 1. The van der Waals surface area contributed by atoms with Crippen LogP contribution in [0.25, 0.3) is 0 Å². The lowest BCUT2D eigenvalue weighted by atomic mass is 10.1. The third kappa shape index (κ3) is 5.08. The van der Waals surface area contributed by atoms with Crippen LogP contribution in [0.15, 0.2) is 48.8 Å². The second-order valence-corrected chi connectivity index (χ2v) is 8.15. The van der Waals surface area contributed by atoms with Gasteiger partial charge in [-0.25, -0.2) is 9.97 Å². The van der Waals surface area contributed by atoms with E-state index in [0.29, 0.717) is 37.5 Å². The van der Waals surface area contributed by atoms with Crippen LogP contribution in [0.4, 0.5) is 23.0 Å². The van der Waals surface area contributed by atoms with Gasteiger partial charge in [0, 0.05) is 37.4 Å². The maximum Gasteiger partial charge on any atom is 0.355 e. The van der Waals surface area contributed by atoms with Gasteiger partial charge in [0.1, 0.15) is 12.1 Å². The highest BCUT2D eigenvalue weighted by Gasteiger charge is 2.30. The Morgan fingerprint density at radius 3 is 2.37 bits per heavy atom. The Balaban J connectivity index is 1.48. The van der Waals surface area contributed by atoms with Crippen molar-refractivity contribution in [3.05, 3.63) is 75.6 Å². The quantitative estimate of drug-likeness (QED) is 0.390. The van der Waals surface area contributed by atoms with E-state index < -0.39 is 10.8 Å². The van der Waals surface area contributed by atoms with Gasteiger partial charge in [0.05, 0.1) is 12.0 Å². The van der Waals surface area contributed by atoms with Crippen molar-refractivity contribution in [2.75, 3.05) is 48.5 Å². The summed E-state index contributed by atoms with van der Waals surface area (Å²) < 4.78 is 5.09. The monoisotopic (exact) mass is 477 g/mol. The van der Waals surface area contributed by atoms with Gasteiger partial charge in [0.25, 0.3) is 5.91 Å². The summed E-state index contributed by atoms with van der Waals surface area (Å²) in [6.45, 7) is 6.70. The summed E-state index contributed by atoms with van der Waals surface area (Å²) in [5.74, 6) is 0.276. The molecule has 0 atom stereocenters. The minimum absolute atomic E-state index is 0.0844. The van der Waals surface area contributed by atoms with Crippen molar-refractivity contribution in [1.82, 2.24) is 15.4 Å². The molecule has 3 aromatic rings. The molecule has 0 spiro atoms. The topological polar surface area (TPSA) is 126 Å². The normalized spacial score (nSPS) is 13.3. The molecule has 1 aromatic heterocycles. The molecule has 2 heterocycles. The predicted molar refractivity (Wildman–Crippen MR) is 133 cm³/mol. The Morgan fingerprint density at radius 2 is 1.71 bits per heavy atom. The molecule has 0 unspecified atom stereocenters. The number of amides is 1. The van der Waals surface area contributed by atoms with Gasteiger partial charge in [-0.2, -0.15) is 0 Å². The summed E-state index contributed by atoms with van der Waals surface area (Å²) in [6.07, 6.45) is 1.25. The van der Waals surface area contributed by atoms with Crippen molar-refractivity contribution in [2.24, 2.45) is 0 Å². The van der Waals surface area contributed by atoms with Crippen LogP contribution in [-0.4, -0.2) is 54.1 Å². The van der Waals surface area contributed by atoms with E-state index in [2.05, 4.69) is 51.7 Å². The number of hydrogen-bond acceptors (Lipinski definition) is 9. The molecule has 35 heavy (non-hydrogen) atoms. The number of benzene rings is 2. The van der Waals surface area contributed by atoms with Gasteiger partial charge in [0.2, 0.25) is 11.6 Å². The van der Waals surface area contributed by atoms with Gasteiger partial charge in [-0.15, -0.1) is 0 Å². The van der Waals surface area contributed by atoms with Crippen LogP contribution in [0.1, 0.15) is 21.5 Å². The lowest BCUT2D eigenvalue weighted by molar-refractivity contribution is -0.383. The molecule has 1 saturated heterocycles. The van der Waals surface area contributed by atoms with E-state index in [4.69, 9.17) is 4.74 Å². The number of anilines is 3. The molecular formula is C24H27N7O4.